The molecule has 0 amide bonds. The second-order valence-corrected chi connectivity index (χ2v) is 5.37. The molecule has 1 aromatic carbocycles. The van der Waals surface area contributed by atoms with Crippen LogP contribution in [0.3, 0.4) is 0 Å². The van der Waals surface area contributed by atoms with Gasteiger partial charge in [0.15, 0.2) is 0 Å². The zero-order chi connectivity index (χ0) is 15.0. The summed E-state index contributed by atoms with van der Waals surface area (Å²) >= 11 is 0. The van der Waals surface area contributed by atoms with E-state index in [1.54, 1.807) is 0 Å². The quantitative estimate of drug-likeness (QED) is 0.824. The zero-order valence-corrected chi connectivity index (χ0v) is 12.0. The van der Waals surface area contributed by atoms with Gasteiger partial charge in [-0.25, -0.2) is 4.79 Å². The predicted molar refractivity (Wildman–Crippen MR) is 77.5 cm³/mol. The van der Waals surface area contributed by atoms with Crippen molar-refractivity contribution in [3.05, 3.63) is 55.7 Å². The van der Waals surface area contributed by atoms with Crippen molar-refractivity contribution in [2.45, 2.75) is 33.6 Å². The Balaban J connectivity index is 2.86. The number of hydrogen-bond donors (Lipinski definition) is 2. The van der Waals surface area contributed by atoms with Gasteiger partial charge < -0.3 is 10.2 Å². The largest absolute Gasteiger partial charge is 0.421 e. The van der Waals surface area contributed by atoms with E-state index in [4.69, 9.17) is 0 Å². The van der Waals surface area contributed by atoms with E-state index in [1.165, 1.54) is 0 Å². The number of aromatic amines is 1. The molecule has 0 saturated heterocycles. The first kappa shape index (κ1) is 14.1. The van der Waals surface area contributed by atoms with Crippen LogP contribution in [-0.2, 0) is 0 Å². The third kappa shape index (κ3) is 2.39. The lowest BCUT2D eigenvalue weighted by atomic mass is 9.96. The Morgan fingerprint density at radius 1 is 1.10 bits per heavy atom. The molecule has 1 aromatic heterocycles. The molecule has 20 heavy (non-hydrogen) atoms. The molecule has 0 fully saturated rings. The number of aryl methyl sites for hydroxylation is 2. The molecule has 2 rings (SSSR count). The van der Waals surface area contributed by atoms with Crippen LogP contribution in [-0.4, -0.2) is 14.9 Å². The zero-order valence-electron chi connectivity index (χ0n) is 12.0. The van der Waals surface area contributed by atoms with Crippen LogP contribution in [0.15, 0.2) is 27.8 Å². The minimum absolute atomic E-state index is 0.117. The van der Waals surface area contributed by atoms with Gasteiger partial charge in [0.2, 0.25) is 0 Å². The smallest absolute Gasteiger partial charge is 0.362 e. The molecule has 0 saturated carbocycles. The third-order valence-corrected chi connectivity index (χ3v) is 3.20. The maximum Gasteiger partial charge on any atom is 0.362 e. The van der Waals surface area contributed by atoms with Gasteiger partial charge in [0.25, 0.3) is 5.56 Å². The average molecular weight is 274 g/mol. The maximum atomic E-state index is 12.1. The van der Waals surface area contributed by atoms with Crippen molar-refractivity contribution >= 4 is 0 Å². The molecule has 0 aliphatic heterocycles. The van der Waals surface area contributed by atoms with Gasteiger partial charge in [0.05, 0.1) is 5.69 Å². The number of nitrogens with zero attached hydrogens (tertiary/aromatic N) is 1. The summed E-state index contributed by atoms with van der Waals surface area (Å²) in [7, 11) is 0. The van der Waals surface area contributed by atoms with Crippen molar-refractivity contribution in [2.75, 3.05) is 0 Å². The highest BCUT2D eigenvalue weighted by Crippen LogP contribution is 2.25. The summed E-state index contributed by atoms with van der Waals surface area (Å²) in [6, 6.07) is 5.83. The summed E-state index contributed by atoms with van der Waals surface area (Å²) in [5.41, 5.74) is 2.25. The van der Waals surface area contributed by atoms with Gasteiger partial charge >= 0.3 is 5.69 Å². The fraction of sp³-hybridized carbons (Fsp3) is 0.333. The third-order valence-electron chi connectivity index (χ3n) is 3.20. The van der Waals surface area contributed by atoms with Crippen LogP contribution >= 0.6 is 0 Å². The highest BCUT2D eigenvalue weighted by Gasteiger charge is 2.18. The Morgan fingerprint density at radius 3 is 2.15 bits per heavy atom. The molecule has 0 bridgehead atoms. The molecule has 106 valence electrons. The Bertz CT molecular complexity index is 749. The fourth-order valence-corrected chi connectivity index (χ4v) is 2.42. The Kier molecular flexibility index (Phi) is 3.53. The van der Waals surface area contributed by atoms with Gasteiger partial charge in [0, 0.05) is 5.56 Å². The molecule has 0 aliphatic rings. The number of rotatable bonds is 2. The molecular weight excluding hydrogens is 256 g/mol. The van der Waals surface area contributed by atoms with E-state index < -0.39 is 11.2 Å². The molecule has 2 N–H and O–H groups in total. The molecule has 0 atom stereocenters. The van der Waals surface area contributed by atoms with E-state index in [0.29, 0.717) is 11.3 Å². The highest BCUT2D eigenvalue weighted by atomic mass is 16.5. The Labute approximate surface area is 116 Å². The molecule has 0 spiro atoms. The molecule has 0 unspecified atom stereocenters. The van der Waals surface area contributed by atoms with Crippen molar-refractivity contribution in [1.29, 1.82) is 0 Å². The van der Waals surface area contributed by atoms with Gasteiger partial charge in [-0.3, -0.25) is 4.79 Å². The number of H-pyrrole nitrogens is 1. The summed E-state index contributed by atoms with van der Waals surface area (Å²) in [4.78, 5) is 26.3. The van der Waals surface area contributed by atoms with Crippen LogP contribution in [0.1, 0.15) is 36.5 Å². The lowest BCUT2D eigenvalue weighted by molar-refractivity contribution is 0.159. The summed E-state index contributed by atoms with van der Waals surface area (Å²) in [6.07, 6.45) is 0. The van der Waals surface area contributed by atoms with Crippen molar-refractivity contribution in [3.63, 3.8) is 0 Å². The molecule has 2 aromatic rings. The van der Waals surface area contributed by atoms with Gasteiger partial charge in [0.1, 0.15) is 0 Å². The fourth-order valence-electron chi connectivity index (χ4n) is 2.42. The first-order chi connectivity index (χ1) is 9.31. The summed E-state index contributed by atoms with van der Waals surface area (Å²) < 4.78 is 0.126. The number of aromatic nitrogens is 2. The van der Waals surface area contributed by atoms with E-state index in [2.05, 4.69) is 4.98 Å². The Morgan fingerprint density at radius 2 is 1.65 bits per heavy atom. The monoisotopic (exact) mass is 274 g/mol. The molecule has 5 heteroatoms. The van der Waals surface area contributed by atoms with Crippen LogP contribution in [0.5, 0.6) is 0 Å². The maximum absolute atomic E-state index is 12.1. The van der Waals surface area contributed by atoms with E-state index >= 15 is 0 Å². The van der Waals surface area contributed by atoms with Gasteiger partial charge in [-0.15, -0.1) is 0 Å². The van der Waals surface area contributed by atoms with Crippen LogP contribution in [0.25, 0.3) is 11.3 Å². The standard InChI is InChI=1S/C15H18N2O3/c1-8(2)12-13(16-15(19)17(20)14(12)18)11-6-9(3)5-10(4)7-11/h5-8,20H,1-4H3,(H,16,19). The van der Waals surface area contributed by atoms with Crippen molar-refractivity contribution < 1.29 is 5.21 Å². The first-order valence-electron chi connectivity index (χ1n) is 6.48. The summed E-state index contributed by atoms with van der Waals surface area (Å²) in [5.74, 6) is -0.117. The van der Waals surface area contributed by atoms with Crippen molar-refractivity contribution in [3.8, 4) is 11.3 Å². The van der Waals surface area contributed by atoms with Gasteiger partial charge in [-0.1, -0.05) is 35.8 Å². The lowest BCUT2D eigenvalue weighted by Gasteiger charge is -2.13. The van der Waals surface area contributed by atoms with Gasteiger partial charge in [-0.05, 0) is 37.5 Å². The first-order valence-corrected chi connectivity index (χ1v) is 6.48. The topological polar surface area (TPSA) is 75.1 Å². The lowest BCUT2D eigenvalue weighted by Crippen LogP contribution is -2.36. The molecular formula is C15H18N2O3. The van der Waals surface area contributed by atoms with Crippen LogP contribution in [0, 0.1) is 13.8 Å². The molecule has 5 nitrogen and oxygen atoms in total. The van der Waals surface area contributed by atoms with Crippen LogP contribution < -0.4 is 11.2 Å². The minimum atomic E-state index is -0.825. The van der Waals surface area contributed by atoms with Crippen LogP contribution in [0.2, 0.25) is 0 Å². The number of hydrogen-bond acceptors (Lipinski definition) is 3. The highest BCUT2D eigenvalue weighted by molar-refractivity contribution is 5.64. The van der Waals surface area contributed by atoms with Gasteiger partial charge in [-0.2, -0.15) is 0 Å². The summed E-state index contributed by atoms with van der Waals surface area (Å²) in [6.45, 7) is 7.61. The van der Waals surface area contributed by atoms with E-state index in [-0.39, 0.29) is 10.6 Å². The van der Waals surface area contributed by atoms with E-state index in [1.807, 2.05) is 45.9 Å². The number of benzene rings is 1. The van der Waals surface area contributed by atoms with E-state index in [9.17, 15) is 14.8 Å². The SMILES string of the molecule is Cc1cc(C)cc(-c2[nH]c(=O)n(O)c(=O)c2C(C)C)c1. The number of nitrogens with one attached hydrogen (secondary N) is 1. The van der Waals surface area contributed by atoms with Crippen LogP contribution in [0.4, 0.5) is 0 Å². The normalized spacial score (nSPS) is 11.1. The van der Waals surface area contributed by atoms with E-state index in [0.717, 1.165) is 16.7 Å². The summed E-state index contributed by atoms with van der Waals surface area (Å²) in [5, 5.41) is 9.48. The second kappa shape index (κ2) is 5.00. The molecule has 1 heterocycles. The average Bonchev–Trinajstić information content (AvgIpc) is 2.33. The predicted octanol–water partition coefficient (Wildman–Crippen LogP) is 2.18. The molecule has 0 aliphatic carbocycles. The Hall–Kier alpha value is -2.30. The van der Waals surface area contributed by atoms with Crippen molar-refractivity contribution in [1.82, 2.24) is 9.71 Å². The minimum Gasteiger partial charge on any atom is -0.421 e. The second-order valence-electron chi connectivity index (χ2n) is 5.37. The van der Waals surface area contributed by atoms with Crippen molar-refractivity contribution in [2.24, 2.45) is 0 Å². The molecule has 0 radical (unpaired) electrons.